The third-order valence-electron chi connectivity index (χ3n) is 1.59. The Labute approximate surface area is 61.2 Å². The quantitative estimate of drug-likeness (QED) is 0.462. The molecule has 0 spiro atoms. The topological polar surface area (TPSA) is 36.3 Å². The van der Waals surface area contributed by atoms with E-state index in [2.05, 4.69) is 6.19 Å². The molecule has 0 N–H and O–H groups in total. The Kier molecular flexibility index (Phi) is 2.52. The summed E-state index contributed by atoms with van der Waals surface area (Å²) in [4.78, 5) is 1.75. The molecule has 1 fully saturated rings. The lowest BCUT2D eigenvalue weighted by Gasteiger charge is -2.13. The maximum atomic E-state index is 8.55. The number of hydrogen-bond donors (Lipinski definition) is 0. The van der Waals surface area contributed by atoms with Crippen LogP contribution in [0.15, 0.2) is 0 Å². The molecule has 3 nitrogen and oxygen atoms in total. The average molecular weight is 140 g/mol. The van der Waals surface area contributed by atoms with Crippen LogP contribution >= 0.6 is 0 Å². The van der Waals surface area contributed by atoms with E-state index in [0.717, 1.165) is 26.1 Å². The summed E-state index contributed by atoms with van der Waals surface area (Å²) in [5, 5.41) is 8.55. The molecule has 0 radical (unpaired) electrons. The number of hydrogen-bond acceptors (Lipinski definition) is 3. The van der Waals surface area contributed by atoms with E-state index in [4.69, 9.17) is 10.00 Å². The lowest BCUT2D eigenvalue weighted by atomic mass is 10.4. The molecule has 1 aliphatic heterocycles. The largest absolute Gasteiger partial charge is 0.377 e. The van der Waals surface area contributed by atoms with Crippen molar-refractivity contribution in [1.82, 2.24) is 4.90 Å². The van der Waals surface area contributed by atoms with E-state index in [1.165, 1.54) is 0 Å². The zero-order valence-corrected chi connectivity index (χ0v) is 6.21. The van der Waals surface area contributed by atoms with Crippen LogP contribution < -0.4 is 0 Å². The summed E-state index contributed by atoms with van der Waals surface area (Å²) in [7, 11) is 0. The molecule has 56 valence electrons. The summed E-state index contributed by atoms with van der Waals surface area (Å²) < 4.78 is 5.34. The highest BCUT2D eigenvalue weighted by molar-refractivity contribution is 4.77. The van der Waals surface area contributed by atoms with Crippen LogP contribution in [-0.2, 0) is 4.74 Å². The minimum atomic E-state index is 0.210. The van der Waals surface area contributed by atoms with Crippen molar-refractivity contribution in [3.8, 4) is 6.19 Å². The molecule has 1 atom stereocenters. The lowest BCUT2D eigenvalue weighted by Crippen LogP contribution is -2.25. The van der Waals surface area contributed by atoms with Gasteiger partial charge in [-0.05, 0) is 13.3 Å². The van der Waals surface area contributed by atoms with Crippen LogP contribution in [-0.4, -0.2) is 30.7 Å². The minimum Gasteiger partial charge on any atom is -0.377 e. The molecule has 1 rings (SSSR count). The zero-order chi connectivity index (χ0) is 7.40. The van der Waals surface area contributed by atoms with Crippen molar-refractivity contribution in [2.24, 2.45) is 0 Å². The molecule has 3 heteroatoms. The summed E-state index contributed by atoms with van der Waals surface area (Å²) in [5.74, 6) is 0. The zero-order valence-electron chi connectivity index (χ0n) is 6.21. The second kappa shape index (κ2) is 3.43. The van der Waals surface area contributed by atoms with Crippen molar-refractivity contribution in [2.45, 2.75) is 19.4 Å². The first-order valence-electron chi connectivity index (χ1n) is 3.59. The van der Waals surface area contributed by atoms with Crippen LogP contribution in [0.3, 0.4) is 0 Å². The molecule has 1 unspecified atom stereocenters. The molecular weight excluding hydrogens is 128 g/mol. The fourth-order valence-electron chi connectivity index (χ4n) is 1.09. The second-order valence-corrected chi connectivity index (χ2v) is 2.58. The van der Waals surface area contributed by atoms with Crippen molar-refractivity contribution >= 4 is 0 Å². The van der Waals surface area contributed by atoms with Crippen LogP contribution in [0.25, 0.3) is 0 Å². The van der Waals surface area contributed by atoms with Gasteiger partial charge in [-0.25, -0.2) is 0 Å². The first-order valence-corrected chi connectivity index (χ1v) is 3.59. The van der Waals surface area contributed by atoms with Crippen molar-refractivity contribution in [2.75, 3.05) is 19.7 Å². The highest BCUT2D eigenvalue weighted by Crippen LogP contribution is 2.02. The Balaban J connectivity index is 2.39. The predicted octanol–water partition coefficient (Wildman–Crippen LogP) is 0.578. The molecule has 0 aromatic rings. The Morgan fingerprint density at radius 1 is 1.70 bits per heavy atom. The summed E-state index contributed by atoms with van der Waals surface area (Å²) in [6.07, 6.45) is 3.31. The summed E-state index contributed by atoms with van der Waals surface area (Å²) >= 11 is 0. The smallest absolute Gasteiger partial charge is 0.179 e. The van der Waals surface area contributed by atoms with E-state index in [1.807, 2.05) is 6.92 Å². The van der Waals surface area contributed by atoms with Crippen LogP contribution in [0, 0.1) is 11.5 Å². The lowest BCUT2D eigenvalue weighted by molar-refractivity contribution is 0.0734. The molecular formula is C7H12N2O. The molecule has 0 amide bonds. The Hall–Kier alpha value is -0.750. The molecule has 1 aliphatic rings. The van der Waals surface area contributed by atoms with Gasteiger partial charge in [0.1, 0.15) is 0 Å². The molecule has 1 saturated heterocycles. The van der Waals surface area contributed by atoms with Crippen LogP contribution in [0.4, 0.5) is 0 Å². The van der Waals surface area contributed by atoms with E-state index in [-0.39, 0.29) is 6.10 Å². The van der Waals surface area contributed by atoms with Crippen molar-refractivity contribution in [1.29, 1.82) is 5.26 Å². The van der Waals surface area contributed by atoms with Gasteiger partial charge < -0.3 is 9.64 Å². The molecule has 1 heterocycles. The van der Waals surface area contributed by atoms with Crippen LogP contribution in [0.2, 0.25) is 0 Å². The van der Waals surface area contributed by atoms with E-state index >= 15 is 0 Å². The number of rotatable bonds is 0. The average Bonchev–Trinajstić information content (AvgIpc) is 2.13. The summed E-state index contributed by atoms with van der Waals surface area (Å²) in [6, 6.07) is 0. The second-order valence-electron chi connectivity index (χ2n) is 2.58. The molecule has 0 saturated carbocycles. The summed E-state index contributed by atoms with van der Waals surface area (Å²) in [5.41, 5.74) is 0. The maximum absolute atomic E-state index is 8.55. The third kappa shape index (κ3) is 1.89. The van der Waals surface area contributed by atoms with E-state index in [9.17, 15) is 0 Å². The summed E-state index contributed by atoms with van der Waals surface area (Å²) in [6.45, 7) is 4.38. The van der Waals surface area contributed by atoms with E-state index in [0.29, 0.717) is 0 Å². The Bertz CT molecular complexity index is 141. The SMILES string of the molecule is CC1CN(C#N)CCCO1. The van der Waals surface area contributed by atoms with Gasteiger partial charge in [0.2, 0.25) is 0 Å². The number of ether oxygens (including phenoxy) is 1. The molecule has 10 heavy (non-hydrogen) atoms. The monoisotopic (exact) mass is 140 g/mol. The van der Waals surface area contributed by atoms with Gasteiger partial charge in [0.15, 0.2) is 6.19 Å². The van der Waals surface area contributed by atoms with Gasteiger partial charge in [0.25, 0.3) is 0 Å². The van der Waals surface area contributed by atoms with Crippen LogP contribution in [0.5, 0.6) is 0 Å². The first kappa shape index (κ1) is 7.36. The standard InChI is InChI=1S/C7H12N2O/c1-7-5-9(6-8)3-2-4-10-7/h7H,2-5H2,1H3. The van der Waals surface area contributed by atoms with Gasteiger partial charge in [-0.3, -0.25) is 0 Å². The van der Waals surface area contributed by atoms with E-state index in [1.54, 1.807) is 4.90 Å². The highest BCUT2D eigenvalue weighted by atomic mass is 16.5. The first-order chi connectivity index (χ1) is 4.83. The fraction of sp³-hybridized carbons (Fsp3) is 0.857. The van der Waals surface area contributed by atoms with Crippen molar-refractivity contribution < 1.29 is 4.74 Å². The van der Waals surface area contributed by atoms with Crippen molar-refractivity contribution in [3.63, 3.8) is 0 Å². The third-order valence-corrected chi connectivity index (χ3v) is 1.59. The Morgan fingerprint density at radius 3 is 3.20 bits per heavy atom. The normalized spacial score (nSPS) is 27.2. The van der Waals surface area contributed by atoms with Gasteiger partial charge in [0.05, 0.1) is 12.6 Å². The number of nitrogens with zero attached hydrogens (tertiary/aromatic N) is 2. The van der Waals surface area contributed by atoms with Gasteiger partial charge >= 0.3 is 0 Å². The van der Waals surface area contributed by atoms with Gasteiger partial charge in [-0.15, -0.1) is 0 Å². The molecule has 0 aromatic heterocycles. The molecule has 0 bridgehead atoms. The number of nitriles is 1. The van der Waals surface area contributed by atoms with Gasteiger partial charge in [-0.2, -0.15) is 5.26 Å². The van der Waals surface area contributed by atoms with Gasteiger partial charge in [0, 0.05) is 13.2 Å². The van der Waals surface area contributed by atoms with Crippen LogP contribution in [0.1, 0.15) is 13.3 Å². The van der Waals surface area contributed by atoms with E-state index < -0.39 is 0 Å². The fourth-order valence-corrected chi connectivity index (χ4v) is 1.09. The molecule has 0 aromatic carbocycles. The minimum absolute atomic E-state index is 0.210. The van der Waals surface area contributed by atoms with Crippen molar-refractivity contribution in [3.05, 3.63) is 0 Å². The Morgan fingerprint density at radius 2 is 2.50 bits per heavy atom. The maximum Gasteiger partial charge on any atom is 0.179 e. The predicted molar refractivity (Wildman–Crippen MR) is 37.2 cm³/mol. The molecule has 0 aliphatic carbocycles. The van der Waals surface area contributed by atoms with Gasteiger partial charge in [-0.1, -0.05) is 0 Å². The highest BCUT2D eigenvalue weighted by Gasteiger charge is 2.12.